The molecule has 0 aromatic heterocycles. The van der Waals surface area contributed by atoms with Crippen molar-refractivity contribution < 1.29 is 9.13 Å². The van der Waals surface area contributed by atoms with Crippen LogP contribution in [0.4, 0.5) is 10.1 Å². The first-order valence-electron chi connectivity index (χ1n) is 8.04. The van der Waals surface area contributed by atoms with Gasteiger partial charge in [-0.05, 0) is 60.3 Å². The number of rotatable bonds is 5. The summed E-state index contributed by atoms with van der Waals surface area (Å²) in [6, 6.07) is 6.47. The monoisotopic (exact) mass is 291 g/mol. The number of benzene rings is 1. The van der Waals surface area contributed by atoms with E-state index < -0.39 is 0 Å². The van der Waals surface area contributed by atoms with Crippen LogP contribution in [0.15, 0.2) is 24.3 Å². The van der Waals surface area contributed by atoms with E-state index in [1.165, 1.54) is 31.4 Å². The van der Waals surface area contributed by atoms with E-state index in [1.807, 2.05) is 0 Å². The molecule has 2 saturated carbocycles. The molecular weight excluding hydrogens is 265 g/mol. The predicted molar refractivity (Wildman–Crippen MR) is 83.9 cm³/mol. The summed E-state index contributed by atoms with van der Waals surface area (Å²) in [5.74, 6) is 0.617. The first kappa shape index (κ1) is 14.8. The smallest absolute Gasteiger partial charge is 0.123 e. The van der Waals surface area contributed by atoms with Crippen LogP contribution >= 0.6 is 0 Å². The highest BCUT2D eigenvalue weighted by molar-refractivity contribution is 5.42. The molecule has 0 aliphatic heterocycles. The van der Waals surface area contributed by atoms with Crippen molar-refractivity contribution in [3.05, 3.63) is 30.1 Å². The highest BCUT2D eigenvalue weighted by atomic mass is 19.1. The van der Waals surface area contributed by atoms with Crippen LogP contribution in [0.25, 0.3) is 0 Å². The van der Waals surface area contributed by atoms with Crippen molar-refractivity contribution in [2.24, 2.45) is 16.7 Å². The molecule has 2 nitrogen and oxygen atoms in total. The Balaban J connectivity index is 1.48. The number of nitrogens with one attached hydrogen (secondary N) is 1. The van der Waals surface area contributed by atoms with Crippen molar-refractivity contribution >= 4 is 5.69 Å². The zero-order valence-corrected chi connectivity index (χ0v) is 13.3. The summed E-state index contributed by atoms with van der Waals surface area (Å²) in [4.78, 5) is 0. The summed E-state index contributed by atoms with van der Waals surface area (Å²) in [5.41, 5.74) is 1.68. The van der Waals surface area contributed by atoms with Gasteiger partial charge >= 0.3 is 0 Å². The Morgan fingerprint density at radius 1 is 1.24 bits per heavy atom. The summed E-state index contributed by atoms with van der Waals surface area (Å²) in [5, 5.41) is 3.28. The van der Waals surface area contributed by atoms with Crippen molar-refractivity contribution in [2.75, 3.05) is 18.5 Å². The second-order valence-corrected chi connectivity index (χ2v) is 7.40. The van der Waals surface area contributed by atoms with Crippen molar-refractivity contribution in [3.8, 4) is 0 Å². The first-order valence-corrected chi connectivity index (χ1v) is 8.04. The van der Waals surface area contributed by atoms with E-state index in [-0.39, 0.29) is 5.82 Å². The summed E-state index contributed by atoms with van der Waals surface area (Å²) in [6.07, 6.45) is 4.25. The maximum Gasteiger partial charge on any atom is 0.123 e. The zero-order valence-electron chi connectivity index (χ0n) is 13.3. The highest BCUT2D eigenvalue weighted by Crippen LogP contribution is 2.66. The summed E-state index contributed by atoms with van der Waals surface area (Å²) in [6.45, 7) is 8.69. The van der Waals surface area contributed by atoms with Gasteiger partial charge < -0.3 is 10.1 Å². The van der Waals surface area contributed by atoms with E-state index >= 15 is 0 Å². The van der Waals surface area contributed by atoms with E-state index in [2.05, 4.69) is 26.1 Å². The minimum atomic E-state index is -0.200. The van der Waals surface area contributed by atoms with Crippen molar-refractivity contribution in [1.29, 1.82) is 0 Å². The Kier molecular flexibility index (Phi) is 3.73. The maximum absolute atomic E-state index is 12.8. The van der Waals surface area contributed by atoms with Gasteiger partial charge in [-0.2, -0.15) is 0 Å². The number of hydrogen-bond acceptors (Lipinski definition) is 2. The normalized spacial score (nSPS) is 33.3. The Hall–Kier alpha value is -1.09. The molecular formula is C18H26FNO. The summed E-state index contributed by atoms with van der Waals surface area (Å²) >= 11 is 0. The quantitative estimate of drug-likeness (QED) is 0.808. The van der Waals surface area contributed by atoms with Crippen LogP contribution in [0.3, 0.4) is 0 Å². The molecule has 1 aromatic carbocycles. The molecule has 0 radical (unpaired) electrons. The molecule has 116 valence electrons. The summed E-state index contributed by atoms with van der Waals surface area (Å²) < 4.78 is 19.0. The maximum atomic E-state index is 12.8. The predicted octanol–water partition coefficient (Wildman–Crippen LogP) is 4.47. The number of fused-ring (bicyclic) bond motifs is 2. The average Bonchev–Trinajstić information content (AvgIpc) is 2.78. The van der Waals surface area contributed by atoms with Gasteiger partial charge in [0.1, 0.15) is 5.82 Å². The lowest BCUT2D eigenvalue weighted by atomic mass is 9.70. The first-order chi connectivity index (χ1) is 9.93. The fourth-order valence-corrected chi connectivity index (χ4v) is 4.35. The third-order valence-corrected chi connectivity index (χ3v) is 6.31. The fraction of sp³-hybridized carbons (Fsp3) is 0.667. The Morgan fingerprint density at radius 3 is 2.52 bits per heavy atom. The lowest BCUT2D eigenvalue weighted by molar-refractivity contribution is -0.0425. The van der Waals surface area contributed by atoms with E-state index in [9.17, 15) is 4.39 Å². The van der Waals surface area contributed by atoms with Crippen LogP contribution in [0, 0.1) is 22.6 Å². The van der Waals surface area contributed by atoms with Crippen LogP contribution in [0.5, 0.6) is 0 Å². The van der Waals surface area contributed by atoms with Gasteiger partial charge in [-0.3, -0.25) is 0 Å². The SMILES string of the molecule is CC1(C)C2CCC1(C)C(OCCNc1ccc(F)cc1)C2. The molecule has 0 saturated heterocycles. The Labute approximate surface area is 127 Å². The molecule has 2 bridgehead atoms. The van der Waals surface area contributed by atoms with E-state index in [0.717, 1.165) is 18.2 Å². The van der Waals surface area contributed by atoms with Gasteiger partial charge in [0, 0.05) is 12.2 Å². The molecule has 3 heteroatoms. The molecule has 2 aliphatic carbocycles. The van der Waals surface area contributed by atoms with Crippen LogP contribution in [-0.4, -0.2) is 19.3 Å². The third-order valence-electron chi connectivity index (χ3n) is 6.31. The molecule has 3 unspecified atom stereocenters. The van der Waals surface area contributed by atoms with E-state index in [1.54, 1.807) is 12.1 Å². The number of hydrogen-bond donors (Lipinski definition) is 1. The van der Waals surface area contributed by atoms with Crippen LogP contribution in [0.1, 0.15) is 40.0 Å². The van der Waals surface area contributed by atoms with Crippen LogP contribution in [-0.2, 0) is 4.74 Å². The minimum absolute atomic E-state index is 0.200. The van der Waals surface area contributed by atoms with E-state index in [0.29, 0.717) is 23.5 Å². The van der Waals surface area contributed by atoms with Crippen LogP contribution < -0.4 is 5.32 Å². The Morgan fingerprint density at radius 2 is 1.95 bits per heavy atom. The van der Waals surface area contributed by atoms with Crippen molar-refractivity contribution in [3.63, 3.8) is 0 Å². The Bertz CT molecular complexity index is 498. The molecule has 1 N–H and O–H groups in total. The van der Waals surface area contributed by atoms with Gasteiger partial charge in [0.2, 0.25) is 0 Å². The number of halogens is 1. The lowest BCUT2D eigenvalue weighted by Crippen LogP contribution is -2.37. The molecule has 1 aromatic rings. The minimum Gasteiger partial charge on any atom is -0.383 e. The van der Waals surface area contributed by atoms with Gasteiger partial charge in [-0.25, -0.2) is 4.39 Å². The van der Waals surface area contributed by atoms with Crippen LogP contribution in [0.2, 0.25) is 0 Å². The van der Waals surface area contributed by atoms with Gasteiger partial charge in [-0.1, -0.05) is 20.8 Å². The highest BCUT2D eigenvalue weighted by Gasteiger charge is 2.61. The zero-order chi connectivity index (χ0) is 15.1. The summed E-state index contributed by atoms with van der Waals surface area (Å²) in [7, 11) is 0. The topological polar surface area (TPSA) is 21.3 Å². The molecule has 3 rings (SSSR count). The van der Waals surface area contributed by atoms with Gasteiger partial charge in [0.05, 0.1) is 12.7 Å². The molecule has 2 aliphatic rings. The second-order valence-electron chi connectivity index (χ2n) is 7.40. The number of anilines is 1. The van der Waals surface area contributed by atoms with Gasteiger partial charge in [0.15, 0.2) is 0 Å². The average molecular weight is 291 g/mol. The van der Waals surface area contributed by atoms with E-state index in [4.69, 9.17) is 4.74 Å². The fourth-order valence-electron chi connectivity index (χ4n) is 4.35. The third kappa shape index (κ3) is 2.46. The van der Waals surface area contributed by atoms with Crippen molar-refractivity contribution in [2.45, 2.75) is 46.1 Å². The molecule has 0 heterocycles. The number of ether oxygens (including phenoxy) is 1. The standard InChI is InChI=1S/C18H26FNO/c1-17(2)13-8-9-18(17,3)16(12-13)21-11-10-20-15-6-4-14(19)5-7-15/h4-7,13,16,20H,8-12H2,1-3H3. The lowest BCUT2D eigenvalue weighted by Gasteiger charge is -2.39. The van der Waals surface area contributed by atoms with Crippen molar-refractivity contribution in [1.82, 2.24) is 0 Å². The molecule has 21 heavy (non-hydrogen) atoms. The molecule has 0 spiro atoms. The van der Waals surface area contributed by atoms with Gasteiger partial charge in [0.25, 0.3) is 0 Å². The molecule has 3 atom stereocenters. The molecule has 0 amide bonds. The largest absolute Gasteiger partial charge is 0.383 e. The molecule has 2 fully saturated rings. The second kappa shape index (κ2) is 5.28. The van der Waals surface area contributed by atoms with Gasteiger partial charge in [-0.15, -0.1) is 0 Å².